The number of rotatable bonds is 3. The predicted molar refractivity (Wildman–Crippen MR) is 69.7 cm³/mol. The van der Waals surface area contributed by atoms with Crippen LogP contribution >= 0.6 is 11.6 Å². The number of hydrogen-bond donors (Lipinski definition) is 0. The van der Waals surface area contributed by atoms with Gasteiger partial charge in [0.05, 0.1) is 0 Å². The molecular formula is C14H18ClN. The number of hydrogen-bond acceptors (Lipinski definition) is 1. The van der Waals surface area contributed by atoms with Gasteiger partial charge in [0.25, 0.3) is 0 Å². The monoisotopic (exact) mass is 235 g/mol. The van der Waals surface area contributed by atoms with Crippen LogP contribution in [0.4, 0.5) is 0 Å². The molecule has 16 heavy (non-hydrogen) atoms. The normalized spacial score (nSPS) is 16.9. The quantitative estimate of drug-likeness (QED) is 0.722. The molecule has 1 aromatic rings. The highest BCUT2D eigenvalue weighted by molar-refractivity contribution is 6.30. The Morgan fingerprint density at radius 3 is 2.50 bits per heavy atom. The van der Waals surface area contributed by atoms with Gasteiger partial charge < -0.3 is 0 Å². The fraction of sp³-hybridized carbons (Fsp3) is 0.429. The second-order valence-corrected chi connectivity index (χ2v) is 5.17. The minimum Gasteiger partial charge on any atom is -0.291 e. The van der Waals surface area contributed by atoms with Crippen LogP contribution in [0.1, 0.15) is 19.4 Å². The van der Waals surface area contributed by atoms with Gasteiger partial charge >= 0.3 is 0 Å². The Kier molecular flexibility index (Phi) is 3.67. The lowest BCUT2D eigenvalue weighted by molar-refractivity contribution is 0.335. The summed E-state index contributed by atoms with van der Waals surface area (Å²) in [5.41, 5.74) is 2.90. The summed E-state index contributed by atoms with van der Waals surface area (Å²) in [6.45, 7) is 7.73. The van der Waals surface area contributed by atoms with E-state index in [9.17, 15) is 0 Å². The lowest BCUT2D eigenvalue weighted by atomic mass is 10.1. The Balaban J connectivity index is 1.91. The maximum absolute atomic E-state index is 5.87. The molecule has 0 spiro atoms. The molecule has 0 aliphatic carbocycles. The van der Waals surface area contributed by atoms with Crippen LogP contribution in [0.3, 0.4) is 0 Å². The Bertz CT molecular complexity index is 378. The van der Waals surface area contributed by atoms with E-state index in [4.69, 9.17) is 11.6 Å². The maximum Gasteiger partial charge on any atom is 0.0406 e. The van der Waals surface area contributed by atoms with Crippen molar-refractivity contribution in [3.05, 3.63) is 46.5 Å². The zero-order valence-corrected chi connectivity index (χ0v) is 10.7. The summed E-state index contributed by atoms with van der Waals surface area (Å²) in [4.78, 5) is 2.46. The molecule has 2 heteroatoms. The zero-order chi connectivity index (χ0) is 11.5. The molecule has 0 radical (unpaired) electrons. The molecule has 1 heterocycles. The van der Waals surface area contributed by atoms with E-state index in [0.717, 1.165) is 24.7 Å². The SMILES string of the molecule is CC(C)C1=CCN(Cc2ccc(Cl)cc2)C1. The van der Waals surface area contributed by atoms with Crippen molar-refractivity contribution in [3.63, 3.8) is 0 Å². The minimum absolute atomic E-state index is 0.676. The van der Waals surface area contributed by atoms with Crippen LogP contribution in [0.15, 0.2) is 35.9 Å². The van der Waals surface area contributed by atoms with Crippen molar-refractivity contribution in [2.75, 3.05) is 13.1 Å². The fourth-order valence-corrected chi connectivity index (χ4v) is 2.15. The molecule has 0 atom stereocenters. The standard InChI is InChI=1S/C14H18ClN/c1-11(2)13-7-8-16(10-13)9-12-3-5-14(15)6-4-12/h3-7,11H,8-10H2,1-2H3. The first-order valence-electron chi connectivity index (χ1n) is 5.81. The molecule has 86 valence electrons. The molecule has 0 saturated carbocycles. The number of nitrogens with zero attached hydrogens (tertiary/aromatic N) is 1. The molecule has 0 saturated heterocycles. The van der Waals surface area contributed by atoms with Crippen LogP contribution in [-0.4, -0.2) is 18.0 Å². The van der Waals surface area contributed by atoms with Gasteiger partial charge in [0, 0.05) is 24.7 Å². The molecule has 0 fully saturated rings. The van der Waals surface area contributed by atoms with Crippen molar-refractivity contribution in [2.45, 2.75) is 20.4 Å². The Morgan fingerprint density at radius 2 is 1.94 bits per heavy atom. The summed E-state index contributed by atoms with van der Waals surface area (Å²) in [6, 6.07) is 8.14. The average molecular weight is 236 g/mol. The van der Waals surface area contributed by atoms with Gasteiger partial charge in [-0.3, -0.25) is 4.90 Å². The summed E-state index contributed by atoms with van der Waals surface area (Å²) < 4.78 is 0. The van der Waals surface area contributed by atoms with Crippen molar-refractivity contribution < 1.29 is 0 Å². The van der Waals surface area contributed by atoms with E-state index in [2.05, 4.69) is 37.0 Å². The van der Waals surface area contributed by atoms with Gasteiger partial charge in [-0.25, -0.2) is 0 Å². The van der Waals surface area contributed by atoms with Crippen LogP contribution in [0, 0.1) is 5.92 Å². The van der Waals surface area contributed by atoms with Crippen LogP contribution in [0.5, 0.6) is 0 Å². The molecule has 0 bridgehead atoms. The molecule has 0 unspecified atom stereocenters. The molecule has 2 rings (SSSR count). The van der Waals surface area contributed by atoms with E-state index < -0.39 is 0 Å². The number of benzene rings is 1. The van der Waals surface area contributed by atoms with Gasteiger partial charge in [0.15, 0.2) is 0 Å². The first-order chi connectivity index (χ1) is 7.65. The first kappa shape index (κ1) is 11.7. The van der Waals surface area contributed by atoms with Gasteiger partial charge in [0.2, 0.25) is 0 Å². The Labute approximate surface area is 103 Å². The van der Waals surface area contributed by atoms with E-state index in [0.29, 0.717) is 5.92 Å². The third kappa shape index (κ3) is 2.87. The van der Waals surface area contributed by atoms with Gasteiger partial charge in [-0.05, 0) is 23.6 Å². The second-order valence-electron chi connectivity index (χ2n) is 4.73. The smallest absolute Gasteiger partial charge is 0.0406 e. The topological polar surface area (TPSA) is 3.24 Å². The molecule has 0 aromatic heterocycles. The van der Waals surface area contributed by atoms with Crippen LogP contribution in [0.2, 0.25) is 5.02 Å². The van der Waals surface area contributed by atoms with Crippen LogP contribution in [-0.2, 0) is 6.54 Å². The van der Waals surface area contributed by atoms with E-state index in [-0.39, 0.29) is 0 Å². The van der Waals surface area contributed by atoms with Crippen molar-refractivity contribution in [3.8, 4) is 0 Å². The summed E-state index contributed by atoms with van der Waals surface area (Å²) >= 11 is 5.87. The van der Waals surface area contributed by atoms with Crippen molar-refractivity contribution in [2.24, 2.45) is 5.92 Å². The highest BCUT2D eigenvalue weighted by Gasteiger charge is 2.16. The van der Waals surface area contributed by atoms with Crippen molar-refractivity contribution in [1.29, 1.82) is 0 Å². The fourth-order valence-electron chi connectivity index (χ4n) is 2.02. The molecule has 1 aliphatic rings. The van der Waals surface area contributed by atoms with E-state index in [1.807, 2.05) is 12.1 Å². The lowest BCUT2D eigenvalue weighted by Gasteiger charge is -2.17. The third-order valence-corrected chi connectivity index (χ3v) is 3.33. The predicted octanol–water partition coefficient (Wildman–Crippen LogP) is 3.74. The summed E-state index contributed by atoms with van der Waals surface area (Å²) in [7, 11) is 0. The van der Waals surface area contributed by atoms with Gasteiger partial charge in [-0.1, -0.05) is 49.2 Å². The molecule has 0 N–H and O–H groups in total. The van der Waals surface area contributed by atoms with Crippen LogP contribution in [0.25, 0.3) is 0 Å². The van der Waals surface area contributed by atoms with Crippen molar-refractivity contribution >= 4 is 11.6 Å². The van der Waals surface area contributed by atoms with Gasteiger partial charge in [0.1, 0.15) is 0 Å². The van der Waals surface area contributed by atoms with E-state index in [1.54, 1.807) is 5.57 Å². The summed E-state index contributed by atoms with van der Waals surface area (Å²) in [5.74, 6) is 0.676. The largest absolute Gasteiger partial charge is 0.291 e. The third-order valence-electron chi connectivity index (χ3n) is 3.08. The molecule has 1 aromatic carbocycles. The maximum atomic E-state index is 5.87. The highest BCUT2D eigenvalue weighted by atomic mass is 35.5. The molecular weight excluding hydrogens is 218 g/mol. The minimum atomic E-state index is 0.676. The zero-order valence-electron chi connectivity index (χ0n) is 9.91. The van der Waals surface area contributed by atoms with Gasteiger partial charge in [-0.2, -0.15) is 0 Å². The Hall–Kier alpha value is -0.790. The lowest BCUT2D eigenvalue weighted by Crippen LogP contribution is -2.21. The van der Waals surface area contributed by atoms with E-state index >= 15 is 0 Å². The van der Waals surface area contributed by atoms with Crippen LogP contribution < -0.4 is 0 Å². The molecule has 0 amide bonds. The Morgan fingerprint density at radius 1 is 1.25 bits per heavy atom. The summed E-state index contributed by atoms with van der Waals surface area (Å²) in [6.07, 6.45) is 2.36. The second kappa shape index (κ2) is 5.03. The van der Waals surface area contributed by atoms with E-state index in [1.165, 1.54) is 5.56 Å². The first-order valence-corrected chi connectivity index (χ1v) is 6.18. The summed E-state index contributed by atoms with van der Waals surface area (Å²) in [5, 5.41) is 0.811. The van der Waals surface area contributed by atoms with Gasteiger partial charge in [-0.15, -0.1) is 0 Å². The molecule has 1 aliphatic heterocycles. The highest BCUT2D eigenvalue weighted by Crippen LogP contribution is 2.19. The number of halogens is 1. The van der Waals surface area contributed by atoms with Crippen molar-refractivity contribution in [1.82, 2.24) is 4.90 Å². The average Bonchev–Trinajstić information content (AvgIpc) is 2.70. The molecule has 1 nitrogen and oxygen atoms in total.